The van der Waals surface area contributed by atoms with E-state index in [2.05, 4.69) is 10.3 Å². The SMILES string of the molecule is O=C(O)c1cccc(CNCc2ccnc(OC3CCCC3)c2)c1. The van der Waals surface area contributed by atoms with Crippen molar-refractivity contribution in [3.8, 4) is 5.88 Å². The molecule has 126 valence electrons. The summed E-state index contributed by atoms with van der Waals surface area (Å²) in [5, 5.41) is 12.3. The van der Waals surface area contributed by atoms with E-state index in [0.29, 0.717) is 30.6 Å². The van der Waals surface area contributed by atoms with Gasteiger partial charge in [-0.3, -0.25) is 0 Å². The van der Waals surface area contributed by atoms with Gasteiger partial charge in [-0.15, -0.1) is 0 Å². The van der Waals surface area contributed by atoms with Gasteiger partial charge in [0.1, 0.15) is 6.10 Å². The van der Waals surface area contributed by atoms with Crippen molar-refractivity contribution in [1.29, 1.82) is 0 Å². The lowest BCUT2D eigenvalue weighted by atomic mass is 10.1. The topological polar surface area (TPSA) is 71.5 Å². The van der Waals surface area contributed by atoms with Crippen molar-refractivity contribution < 1.29 is 14.6 Å². The molecule has 0 radical (unpaired) electrons. The van der Waals surface area contributed by atoms with Gasteiger partial charge in [0.15, 0.2) is 0 Å². The first-order chi connectivity index (χ1) is 11.7. The van der Waals surface area contributed by atoms with E-state index in [-0.39, 0.29) is 0 Å². The number of aromatic carboxylic acids is 1. The van der Waals surface area contributed by atoms with Crippen LogP contribution < -0.4 is 10.1 Å². The number of nitrogens with zero attached hydrogens (tertiary/aromatic N) is 1. The summed E-state index contributed by atoms with van der Waals surface area (Å²) in [6.07, 6.45) is 6.78. The summed E-state index contributed by atoms with van der Waals surface area (Å²) in [6, 6.07) is 10.9. The van der Waals surface area contributed by atoms with E-state index < -0.39 is 5.97 Å². The second-order valence-electron chi connectivity index (χ2n) is 6.14. The first kappa shape index (κ1) is 16.5. The van der Waals surface area contributed by atoms with Gasteiger partial charge in [-0.05, 0) is 55.0 Å². The van der Waals surface area contributed by atoms with Crippen molar-refractivity contribution in [2.45, 2.75) is 44.9 Å². The Morgan fingerprint density at radius 3 is 2.67 bits per heavy atom. The highest BCUT2D eigenvalue weighted by molar-refractivity contribution is 5.87. The van der Waals surface area contributed by atoms with Gasteiger partial charge in [-0.25, -0.2) is 9.78 Å². The highest BCUT2D eigenvalue weighted by Gasteiger charge is 2.16. The first-order valence-corrected chi connectivity index (χ1v) is 8.35. The summed E-state index contributed by atoms with van der Waals surface area (Å²) in [7, 11) is 0. The summed E-state index contributed by atoms with van der Waals surface area (Å²) in [6.45, 7) is 1.29. The molecule has 1 saturated carbocycles. The number of ether oxygens (including phenoxy) is 1. The number of carboxylic acids is 1. The van der Waals surface area contributed by atoms with E-state index >= 15 is 0 Å². The quantitative estimate of drug-likeness (QED) is 0.816. The van der Waals surface area contributed by atoms with E-state index in [1.165, 1.54) is 12.8 Å². The van der Waals surface area contributed by atoms with Crippen LogP contribution in [0.5, 0.6) is 5.88 Å². The number of pyridine rings is 1. The molecule has 1 heterocycles. The third-order valence-electron chi connectivity index (χ3n) is 4.22. The fourth-order valence-corrected chi connectivity index (χ4v) is 2.97. The third kappa shape index (κ3) is 4.55. The van der Waals surface area contributed by atoms with Crippen molar-refractivity contribution in [3.05, 3.63) is 59.3 Å². The van der Waals surface area contributed by atoms with Gasteiger partial charge < -0.3 is 15.2 Å². The molecule has 1 aromatic heterocycles. The maximum Gasteiger partial charge on any atom is 0.335 e. The van der Waals surface area contributed by atoms with Crippen molar-refractivity contribution in [1.82, 2.24) is 10.3 Å². The largest absolute Gasteiger partial charge is 0.478 e. The lowest BCUT2D eigenvalue weighted by molar-refractivity contribution is 0.0696. The Balaban J connectivity index is 1.53. The Hall–Kier alpha value is -2.40. The number of carboxylic acid groups (broad SMARTS) is 1. The van der Waals surface area contributed by atoms with Gasteiger partial charge in [-0.1, -0.05) is 12.1 Å². The average Bonchev–Trinajstić information content (AvgIpc) is 3.08. The van der Waals surface area contributed by atoms with Crippen molar-refractivity contribution in [3.63, 3.8) is 0 Å². The van der Waals surface area contributed by atoms with Crippen molar-refractivity contribution >= 4 is 5.97 Å². The zero-order valence-corrected chi connectivity index (χ0v) is 13.6. The molecule has 0 atom stereocenters. The average molecular weight is 326 g/mol. The smallest absolute Gasteiger partial charge is 0.335 e. The number of rotatable bonds is 7. The fourth-order valence-electron chi connectivity index (χ4n) is 2.97. The molecule has 0 saturated heterocycles. The van der Waals surface area contributed by atoms with Gasteiger partial charge in [0.05, 0.1) is 5.56 Å². The molecule has 0 spiro atoms. The molecule has 0 amide bonds. The molecule has 1 fully saturated rings. The number of benzene rings is 1. The number of hydrogen-bond donors (Lipinski definition) is 2. The maximum absolute atomic E-state index is 11.0. The van der Waals surface area contributed by atoms with Crippen LogP contribution in [0.4, 0.5) is 0 Å². The second-order valence-corrected chi connectivity index (χ2v) is 6.14. The minimum Gasteiger partial charge on any atom is -0.478 e. The van der Waals surface area contributed by atoms with Gasteiger partial charge in [0.2, 0.25) is 5.88 Å². The monoisotopic (exact) mass is 326 g/mol. The van der Waals surface area contributed by atoms with Crippen LogP contribution in [0, 0.1) is 0 Å². The molecular formula is C19H22N2O3. The molecule has 3 rings (SSSR count). The van der Waals surface area contributed by atoms with Crippen LogP contribution >= 0.6 is 0 Å². The predicted molar refractivity (Wildman–Crippen MR) is 91.1 cm³/mol. The van der Waals surface area contributed by atoms with Crippen LogP contribution in [-0.2, 0) is 13.1 Å². The maximum atomic E-state index is 11.0. The summed E-state index contributed by atoms with van der Waals surface area (Å²) in [5.41, 5.74) is 2.37. The van der Waals surface area contributed by atoms with Crippen molar-refractivity contribution in [2.75, 3.05) is 0 Å². The molecule has 1 aliphatic rings. The number of nitrogens with one attached hydrogen (secondary N) is 1. The highest BCUT2D eigenvalue weighted by Crippen LogP contribution is 2.23. The minimum absolute atomic E-state index is 0.305. The van der Waals surface area contributed by atoms with Crippen LogP contribution in [0.1, 0.15) is 47.2 Å². The summed E-state index contributed by atoms with van der Waals surface area (Å²) in [4.78, 5) is 15.3. The molecule has 24 heavy (non-hydrogen) atoms. The van der Waals surface area contributed by atoms with E-state index in [0.717, 1.165) is 24.0 Å². The Morgan fingerprint density at radius 1 is 1.17 bits per heavy atom. The molecule has 0 unspecified atom stereocenters. The second kappa shape index (κ2) is 7.93. The van der Waals surface area contributed by atoms with Crippen molar-refractivity contribution in [2.24, 2.45) is 0 Å². The van der Waals surface area contributed by atoms with Gasteiger partial charge in [0.25, 0.3) is 0 Å². The normalized spacial score (nSPS) is 14.7. The zero-order valence-electron chi connectivity index (χ0n) is 13.6. The molecule has 1 aromatic carbocycles. The molecule has 5 heteroatoms. The highest BCUT2D eigenvalue weighted by atomic mass is 16.5. The number of hydrogen-bond acceptors (Lipinski definition) is 4. The van der Waals surface area contributed by atoms with E-state index in [4.69, 9.17) is 9.84 Å². The van der Waals surface area contributed by atoms with Gasteiger partial charge >= 0.3 is 5.97 Å². The zero-order chi connectivity index (χ0) is 16.8. The summed E-state index contributed by atoms with van der Waals surface area (Å²) >= 11 is 0. The van der Waals surface area contributed by atoms with Crippen LogP contribution in [0.25, 0.3) is 0 Å². The molecule has 0 aliphatic heterocycles. The van der Waals surface area contributed by atoms with Crippen LogP contribution in [0.3, 0.4) is 0 Å². The third-order valence-corrected chi connectivity index (χ3v) is 4.22. The molecular weight excluding hydrogens is 304 g/mol. The Kier molecular flexibility index (Phi) is 5.43. The fraction of sp³-hybridized carbons (Fsp3) is 0.368. The number of carbonyl (C=O) groups is 1. The standard InChI is InChI=1S/C19H22N2O3/c22-19(23)16-5-3-4-14(10-16)12-20-13-15-8-9-21-18(11-15)24-17-6-1-2-7-17/h3-5,8-11,17,20H,1-2,6-7,12-13H2,(H,22,23). The van der Waals surface area contributed by atoms with Gasteiger partial charge in [0, 0.05) is 25.4 Å². The van der Waals surface area contributed by atoms with E-state index in [1.807, 2.05) is 18.2 Å². The number of aromatic nitrogens is 1. The predicted octanol–water partition coefficient (Wildman–Crippen LogP) is 3.39. The van der Waals surface area contributed by atoms with Crippen LogP contribution in [-0.4, -0.2) is 22.2 Å². The summed E-state index contributed by atoms with van der Waals surface area (Å²) in [5.74, 6) is -0.214. The molecule has 2 aromatic rings. The van der Waals surface area contributed by atoms with Crippen LogP contribution in [0.15, 0.2) is 42.6 Å². The molecule has 5 nitrogen and oxygen atoms in total. The molecule has 0 bridgehead atoms. The lowest BCUT2D eigenvalue weighted by Gasteiger charge is -2.13. The Morgan fingerprint density at radius 2 is 1.92 bits per heavy atom. The van der Waals surface area contributed by atoms with Gasteiger partial charge in [-0.2, -0.15) is 0 Å². The Labute approximate surface area is 141 Å². The Bertz CT molecular complexity index is 697. The van der Waals surface area contributed by atoms with E-state index in [9.17, 15) is 4.79 Å². The van der Waals surface area contributed by atoms with E-state index in [1.54, 1.807) is 24.4 Å². The molecule has 2 N–H and O–H groups in total. The summed E-state index contributed by atoms with van der Waals surface area (Å²) < 4.78 is 5.92. The minimum atomic E-state index is -0.903. The first-order valence-electron chi connectivity index (χ1n) is 8.35. The molecule has 1 aliphatic carbocycles. The van der Waals surface area contributed by atoms with Crippen LogP contribution in [0.2, 0.25) is 0 Å². The lowest BCUT2D eigenvalue weighted by Crippen LogP contribution is -2.14.